The first-order valence-electron chi connectivity index (χ1n) is 21.6. The van der Waals surface area contributed by atoms with Crippen LogP contribution >= 0.6 is 23.2 Å². The Labute approximate surface area is 397 Å². The maximum Gasteiger partial charge on any atom is 0.238 e. The minimum Gasteiger partial charge on any atom is -0.496 e. The lowest BCUT2D eigenvalue weighted by molar-refractivity contribution is -0.133. The zero-order valence-electron chi connectivity index (χ0n) is 37.9. The van der Waals surface area contributed by atoms with Gasteiger partial charge in [0, 0.05) is 60.2 Å². The van der Waals surface area contributed by atoms with Crippen LogP contribution in [-0.4, -0.2) is 119 Å². The van der Waals surface area contributed by atoms with Crippen LogP contribution in [0.25, 0.3) is 21.8 Å². The van der Waals surface area contributed by atoms with E-state index >= 15 is 0 Å². The summed E-state index contributed by atoms with van der Waals surface area (Å²) >= 11 is 11.9. The van der Waals surface area contributed by atoms with E-state index in [1.54, 1.807) is 44.6 Å². The number of piperidine rings is 2. The van der Waals surface area contributed by atoms with Crippen LogP contribution < -0.4 is 36.9 Å². The number of aromatic nitrogens is 4. The number of anilines is 4. The van der Waals surface area contributed by atoms with Crippen molar-refractivity contribution in [3.8, 4) is 11.5 Å². The Bertz CT molecular complexity index is 2770. The summed E-state index contributed by atoms with van der Waals surface area (Å²) < 4.78 is 40.2. The number of nitrogens with one attached hydrogen (secondary N) is 3. The fourth-order valence-corrected chi connectivity index (χ4v) is 9.16. The molecule has 0 atom stereocenters. The molecule has 6 aromatic rings. The number of halogens is 4. The molecular weight excluding hydrogens is 905 g/mol. The SMILES string of the molecule is COc1cc2ncnc(Nc3cccc(Cl)c3F)c2cc1CN(C)C1(C(N)=O)CCN(C)CC1.COc1cc2ncnc(Nc3cccc(Cl)c3F)c2cc1CN(C)C1(C(N)=O)CCNCC1. The number of hydrogen-bond acceptors (Lipinski definition) is 14. The molecule has 4 aromatic carbocycles. The maximum atomic E-state index is 14.5. The van der Waals surface area contributed by atoms with Crippen LogP contribution in [0.1, 0.15) is 36.8 Å². The van der Waals surface area contributed by atoms with Crippen LogP contribution in [0, 0.1) is 11.6 Å². The second-order valence-electron chi connectivity index (χ2n) is 16.8. The van der Waals surface area contributed by atoms with Crippen molar-refractivity contribution in [3.63, 3.8) is 0 Å². The molecule has 0 spiro atoms. The largest absolute Gasteiger partial charge is 0.496 e. The number of hydrogen-bond donors (Lipinski definition) is 5. The fraction of sp³-hybridized carbons (Fsp3) is 0.362. The number of nitrogens with zero attached hydrogens (tertiary/aromatic N) is 7. The Morgan fingerprint density at radius 3 is 1.54 bits per heavy atom. The van der Waals surface area contributed by atoms with Crippen LogP contribution in [-0.2, 0) is 22.7 Å². The van der Waals surface area contributed by atoms with Gasteiger partial charge in [0.05, 0.1) is 46.7 Å². The van der Waals surface area contributed by atoms with E-state index in [0.717, 1.165) is 37.3 Å². The Morgan fingerprint density at radius 1 is 0.716 bits per heavy atom. The molecule has 2 fully saturated rings. The summed E-state index contributed by atoms with van der Waals surface area (Å²) in [6.07, 6.45) is 5.34. The average molecular weight is 960 g/mol. The van der Waals surface area contributed by atoms with Crippen molar-refractivity contribution in [1.82, 2.24) is 40.0 Å². The first-order chi connectivity index (χ1) is 32.1. The van der Waals surface area contributed by atoms with Crippen molar-refractivity contribution in [1.29, 1.82) is 0 Å². The number of likely N-dealkylation sites (N-methyl/N-ethyl adjacent to an activating group) is 2. The molecule has 2 amide bonds. The topological polar surface area (TPSA) is 202 Å². The summed E-state index contributed by atoms with van der Waals surface area (Å²) in [6.45, 7) is 3.85. The van der Waals surface area contributed by atoms with Crippen LogP contribution in [0.4, 0.5) is 31.8 Å². The third kappa shape index (κ3) is 10.3. The molecule has 2 aliphatic rings. The number of primary amides is 2. The minimum absolute atomic E-state index is 0.0149. The van der Waals surface area contributed by atoms with E-state index in [1.807, 2.05) is 49.1 Å². The molecule has 2 aliphatic heterocycles. The lowest BCUT2D eigenvalue weighted by atomic mass is 9.85. The van der Waals surface area contributed by atoms with E-state index in [1.165, 1.54) is 24.8 Å². The molecule has 354 valence electrons. The third-order valence-corrected chi connectivity index (χ3v) is 13.5. The Balaban J connectivity index is 0.000000199. The molecule has 2 saturated heterocycles. The van der Waals surface area contributed by atoms with E-state index in [2.05, 4.69) is 40.8 Å². The van der Waals surface area contributed by atoms with Crippen LogP contribution in [0.5, 0.6) is 11.5 Å². The number of carbonyl (C=O) groups excluding carboxylic acids is 2. The number of nitrogens with two attached hydrogens (primary N) is 2. The van der Waals surface area contributed by atoms with Gasteiger partial charge in [-0.2, -0.15) is 0 Å². The van der Waals surface area contributed by atoms with Gasteiger partial charge < -0.3 is 41.8 Å². The van der Waals surface area contributed by atoms with Gasteiger partial charge in [0.25, 0.3) is 0 Å². The van der Waals surface area contributed by atoms with Crippen molar-refractivity contribution in [2.75, 3.05) is 72.2 Å². The molecule has 20 heteroatoms. The molecule has 4 heterocycles. The van der Waals surface area contributed by atoms with Gasteiger partial charge in [0.1, 0.15) is 46.9 Å². The second kappa shape index (κ2) is 20.9. The number of likely N-dealkylation sites (tertiary alicyclic amines) is 1. The Kier molecular flexibility index (Phi) is 15.2. The second-order valence-corrected chi connectivity index (χ2v) is 17.6. The summed E-state index contributed by atoms with van der Waals surface area (Å²) in [7, 11) is 9.00. The maximum absolute atomic E-state index is 14.5. The number of ether oxygens (including phenoxy) is 2. The third-order valence-electron chi connectivity index (χ3n) is 12.9. The molecule has 8 rings (SSSR count). The van der Waals surface area contributed by atoms with Crippen LogP contribution in [0.3, 0.4) is 0 Å². The molecule has 0 unspecified atom stereocenters. The van der Waals surface area contributed by atoms with Gasteiger partial charge in [-0.3, -0.25) is 19.4 Å². The highest BCUT2D eigenvalue weighted by molar-refractivity contribution is 6.31. The number of rotatable bonds is 14. The Hall–Kier alpha value is -6.02. The van der Waals surface area contributed by atoms with Crippen molar-refractivity contribution >= 4 is 79.8 Å². The highest BCUT2D eigenvalue weighted by Crippen LogP contribution is 2.37. The quantitative estimate of drug-likeness (QED) is 0.0766. The summed E-state index contributed by atoms with van der Waals surface area (Å²) in [5.41, 5.74) is 13.6. The average Bonchev–Trinajstić information content (AvgIpc) is 3.32. The van der Waals surface area contributed by atoms with E-state index in [0.29, 0.717) is 83.7 Å². The molecule has 16 nitrogen and oxygen atoms in total. The van der Waals surface area contributed by atoms with Crippen molar-refractivity contribution < 1.29 is 27.8 Å². The molecule has 0 aliphatic carbocycles. The van der Waals surface area contributed by atoms with Gasteiger partial charge in [-0.25, -0.2) is 28.7 Å². The molecule has 2 aromatic heterocycles. The van der Waals surface area contributed by atoms with Crippen molar-refractivity contribution in [2.24, 2.45) is 11.5 Å². The molecule has 67 heavy (non-hydrogen) atoms. The number of benzene rings is 4. The number of carbonyl (C=O) groups is 2. The van der Waals surface area contributed by atoms with E-state index in [-0.39, 0.29) is 33.2 Å². The van der Waals surface area contributed by atoms with Gasteiger partial charge in [0.2, 0.25) is 11.8 Å². The van der Waals surface area contributed by atoms with Gasteiger partial charge in [-0.05, 0) is 96.3 Å². The van der Waals surface area contributed by atoms with Gasteiger partial charge in [-0.15, -0.1) is 0 Å². The smallest absolute Gasteiger partial charge is 0.238 e. The van der Waals surface area contributed by atoms with Crippen LogP contribution in [0.15, 0.2) is 73.3 Å². The highest BCUT2D eigenvalue weighted by atomic mass is 35.5. The zero-order valence-corrected chi connectivity index (χ0v) is 39.4. The van der Waals surface area contributed by atoms with E-state index in [4.69, 9.17) is 44.1 Å². The summed E-state index contributed by atoms with van der Waals surface area (Å²) in [5.74, 6) is 0.329. The standard InChI is InChI=1S/C24H28ClFN6O2.C23H26ClFN6O2/c1-31-9-7-24(8-10-31,23(27)33)32(2)13-15-11-16-19(12-20(15)34-3)28-14-29-22(16)30-18-6-4-5-17(25)21(18)26;1-31(23(22(26)32)6-8-27-9-7-23)12-14-10-15-18(11-19(14)33-2)28-13-29-21(15)30-17-5-3-4-16(24)20(17)25/h4-6,11-12,14H,7-10,13H2,1-3H3,(H2,27,33)(H,28,29,30);3-5,10-11,13,27H,6-9,12H2,1-2H3,(H2,26,32)(H,28,29,30). The molecule has 7 N–H and O–H groups in total. The predicted molar refractivity (Wildman–Crippen MR) is 257 cm³/mol. The fourth-order valence-electron chi connectivity index (χ4n) is 8.81. The summed E-state index contributed by atoms with van der Waals surface area (Å²) in [6, 6.07) is 16.9. The van der Waals surface area contributed by atoms with Gasteiger partial charge in [0.15, 0.2) is 11.6 Å². The Morgan fingerprint density at radius 2 is 1.13 bits per heavy atom. The lowest BCUT2D eigenvalue weighted by Crippen LogP contribution is -2.60. The van der Waals surface area contributed by atoms with Crippen molar-refractivity contribution in [2.45, 2.75) is 49.9 Å². The summed E-state index contributed by atoms with van der Waals surface area (Å²) in [5, 5.41) is 10.7. The minimum atomic E-state index is -0.747. The monoisotopic (exact) mass is 958 g/mol. The predicted octanol–water partition coefficient (Wildman–Crippen LogP) is 6.77. The van der Waals surface area contributed by atoms with Gasteiger partial charge >= 0.3 is 0 Å². The first kappa shape index (κ1) is 48.9. The number of methoxy groups -OCH3 is 2. The molecule has 0 radical (unpaired) electrons. The normalized spacial score (nSPS) is 15.8. The summed E-state index contributed by atoms with van der Waals surface area (Å²) in [4.78, 5) is 48.5. The zero-order chi connectivity index (χ0) is 48.0. The molecule has 0 bridgehead atoms. The number of amides is 2. The van der Waals surface area contributed by atoms with Crippen LogP contribution in [0.2, 0.25) is 10.0 Å². The first-order valence-corrected chi connectivity index (χ1v) is 22.3. The van der Waals surface area contributed by atoms with E-state index < -0.39 is 22.7 Å². The van der Waals surface area contributed by atoms with E-state index in [9.17, 15) is 18.4 Å². The van der Waals surface area contributed by atoms with Crippen molar-refractivity contribution in [3.05, 3.63) is 106 Å². The molecule has 0 saturated carbocycles. The lowest BCUT2D eigenvalue weighted by Gasteiger charge is -2.44. The van der Waals surface area contributed by atoms with Gasteiger partial charge in [-0.1, -0.05) is 35.3 Å². The number of fused-ring (bicyclic) bond motifs is 2. The molecular formula is C47H54Cl2F2N12O4. The highest BCUT2D eigenvalue weighted by Gasteiger charge is 2.44.